The van der Waals surface area contributed by atoms with Crippen molar-refractivity contribution in [1.82, 2.24) is 0 Å². The Morgan fingerprint density at radius 3 is 2.45 bits per heavy atom. The standard InChI is InChI=1S/C16H13ClO2S/c17-16-8-4-5-12-11-14(9-10-15(12)16)20(18,19)13-6-2-1-3-7-13/h1-3,6-11H,4-5H2. The molecule has 0 saturated heterocycles. The molecule has 0 bridgehead atoms. The van der Waals surface area contributed by atoms with Gasteiger partial charge in [-0.15, -0.1) is 0 Å². The number of allylic oxidation sites excluding steroid dienone is 1. The Labute approximate surface area is 123 Å². The summed E-state index contributed by atoms with van der Waals surface area (Å²) in [6.45, 7) is 0. The van der Waals surface area contributed by atoms with Gasteiger partial charge in [-0.1, -0.05) is 41.9 Å². The van der Waals surface area contributed by atoms with Crippen molar-refractivity contribution < 1.29 is 8.42 Å². The highest BCUT2D eigenvalue weighted by molar-refractivity contribution is 7.91. The number of halogens is 1. The van der Waals surface area contributed by atoms with Gasteiger partial charge in [-0.25, -0.2) is 8.42 Å². The van der Waals surface area contributed by atoms with Gasteiger partial charge < -0.3 is 0 Å². The van der Waals surface area contributed by atoms with Crippen LogP contribution in [0.15, 0.2) is 64.4 Å². The summed E-state index contributed by atoms with van der Waals surface area (Å²) in [5.74, 6) is 0. The fourth-order valence-corrected chi connectivity index (χ4v) is 4.00. The lowest BCUT2D eigenvalue weighted by Crippen LogP contribution is -2.05. The number of aryl methyl sites for hydroxylation is 1. The van der Waals surface area contributed by atoms with Gasteiger partial charge in [0, 0.05) is 5.03 Å². The van der Waals surface area contributed by atoms with Crippen LogP contribution in [-0.2, 0) is 16.3 Å². The van der Waals surface area contributed by atoms with Gasteiger partial charge >= 0.3 is 0 Å². The van der Waals surface area contributed by atoms with Crippen LogP contribution >= 0.6 is 11.6 Å². The maximum atomic E-state index is 12.6. The van der Waals surface area contributed by atoms with E-state index in [2.05, 4.69) is 0 Å². The number of rotatable bonds is 2. The van der Waals surface area contributed by atoms with Crippen molar-refractivity contribution in [2.75, 3.05) is 0 Å². The van der Waals surface area contributed by atoms with Gasteiger partial charge in [-0.05, 0) is 48.2 Å². The molecule has 1 aliphatic rings. The van der Waals surface area contributed by atoms with E-state index in [-0.39, 0.29) is 0 Å². The minimum absolute atomic E-state index is 0.317. The molecular formula is C16H13ClO2S. The molecule has 0 N–H and O–H groups in total. The highest BCUT2D eigenvalue weighted by Crippen LogP contribution is 2.32. The quantitative estimate of drug-likeness (QED) is 0.839. The second-order valence-corrected chi connectivity index (χ2v) is 7.08. The number of sulfone groups is 1. The molecule has 102 valence electrons. The fraction of sp³-hybridized carbons (Fsp3) is 0.125. The number of hydrogen-bond acceptors (Lipinski definition) is 2. The van der Waals surface area contributed by atoms with Gasteiger partial charge in [0.1, 0.15) is 0 Å². The van der Waals surface area contributed by atoms with Gasteiger partial charge in [0.15, 0.2) is 0 Å². The predicted molar refractivity (Wildman–Crippen MR) is 80.5 cm³/mol. The Bertz CT molecular complexity index is 777. The van der Waals surface area contributed by atoms with E-state index in [1.165, 1.54) is 0 Å². The summed E-state index contributed by atoms with van der Waals surface area (Å²) < 4.78 is 25.1. The van der Waals surface area contributed by atoms with Crippen LogP contribution in [0.4, 0.5) is 0 Å². The van der Waals surface area contributed by atoms with Crippen molar-refractivity contribution in [2.24, 2.45) is 0 Å². The van der Waals surface area contributed by atoms with Crippen LogP contribution < -0.4 is 0 Å². The zero-order valence-electron chi connectivity index (χ0n) is 10.7. The second kappa shape index (κ2) is 5.08. The van der Waals surface area contributed by atoms with E-state index in [0.29, 0.717) is 14.8 Å². The molecule has 0 heterocycles. The van der Waals surface area contributed by atoms with Gasteiger partial charge in [-0.2, -0.15) is 0 Å². The summed E-state index contributed by atoms with van der Waals surface area (Å²) in [7, 11) is -3.45. The lowest BCUT2D eigenvalue weighted by atomic mass is 9.97. The normalized spacial score (nSPS) is 14.6. The second-order valence-electron chi connectivity index (χ2n) is 4.73. The molecule has 0 atom stereocenters. The minimum Gasteiger partial charge on any atom is -0.219 e. The van der Waals surface area contributed by atoms with Crippen molar-refractivity contribution in [3.05, 3.63) is 65.7 Å². The van der Waals surface area contributed by atoms with Crippen molar-refractivity contribution in [3.8, 4) is 0 Å². The first-order valence-corrected chi connectivity index (χ1v) is 8.24. The Morgan fingerprint density at radius 1 is 0.950 bits per heavy atom. The van der Waals surface area contributed by atoms with Gasteiger partial charge in [0.05, 0.1) is 9.79 Å². The molecular weight excluding hydrogens is 292 g/mol. The molecule has 3 rings (SSSR count). The van der Waals surface area contributed by atoms with E-state index >= 15 is 0 Å². The SMILES string of the molecule is O=S(=O)(c1ccccc1)c1ccc2c(c1)CCC=C2Cl. The molecule has 0 amide bonds. The van der Waals surface area contributed by atoms with E-state index in [1.807, 2.05) is 6.08 Å². The molecule has 0 aliphatic heterocycles. The maximum absolute atomic E-state index is 12.6. The molecule has 4 heteroatoms. The lowest BCUT2D eigenvalue weighted by molar-refractivity contribution is 0.596. The largest absolute Gasteiger partial charge is 0.219 e. The maximum Gasteiger partial charge on any atom is 0.206 e. The monoisotopic (exact) mass is 304 g/mol. The highest BCUT2D eigenvalue weighted by atomic mass is 35.5. The average Bonchev–Trinajstić information content (AvgIpc) is 2.48. The first kappa shape index (κ1) is 13.4. The first-order valence-electron chi connectivity index (χ1n) is 6.38. The van der Waals surface area contributed by atoms with Crippen molar-refractivity contribution in [2.45, 2.75) is 22.6 Å². The third-order valence-electron chi connectivity index (χ3n) is 3.44. The number of hydrogen-bond donors (Lipinski definition) is 0. The number of benzene rings is 2. The summed E-state index contributed by atoms with van der Waals surface area (Å²) in [6.07, 6.45) is 3.64. The molecule has 0 radical (unpaired) electrons. The fourth-order valence-electron chi connectivity index (χ4n) is 2.38. The molecule has 1 aliphatic carbocycles. The molecule has 0 spiro atoms. The van der Waals surface area contributed by atoms with Crippen LogP contribution in [0.3, 0.4) is 0 Å². The van der Waals surface area contributed by atoms with Crippen molar-refractivity contribution >= 4 is 26.5 Å². The molecule has 0 fully saturated rings. The van der Waals surface area contributed by atoms with Crippen LogP contribution in [0.5, 0.6) is 0 Å². The molecule has 20 heavy (non-hydrogen) atoms. The molecule has 2 nitrogen and oxygen atoms in total. The third-order valence-corrected chi connectivity index (χ3v) is 5.56. The van der Waals surface area contributed by atoms with Crippen LogP contribution in [-0.4, -0.2) is 8.42 Å². The Balaban J connectivity index is 2.11. The average molecular weight is 305 g/mol. The molecule has 0 aromatic heterocycles. The van der Waals surface area contributed by atoms with E-state index in [1.54, 1.807) is 48.5 Å². The molecule has 0 saturated carbocycles. The van der Waals surface area contributed by atoms with E-state index in [4.69, 9.17) is 11.6 Å². The first-order chi connectivity index (χ1) is 9.59. The summed E-state index contributed by atoms with van der Waals surface area (Å²) >= 11 is 6.14. The Kier molecular flexibility index (Phi) is 3.40. The van der Waals surface area contributed by atoms with E-state index in [0.717, 1.165) is 24.0 Å². The van der Waals surface area contributed by atoms with Crippen LogP contribution in [0.1, 0.15) is 17.5 Å². The Hall–Kier alpha value is -1.58. The molecule has 2 aromatic carbocycles. The minimum atomic E-state index is -3.45. The topological polar surface area (TPSA) is 34.1 Å². The van der Waals surface area contributed by atoms with Crippen molar-refractivity contribution in [1.29, 1.82) is 0 Å². The van der Waals surface area contributed by atoms with E-state index < -0.39 is 9.84 Å². The van der Waals surface area contributed by atoms with Gasteiger partial charge in [0.25, 0.3) is 0 Å². The van der Waals surface area contributed by atoms with Crippen molar-refractivity contribution in [3.63, 3.8) is 0 Å². The van der Waals surface area contributed by atoms with Crippen LogP contribution in [0, 0.1) is 0 Å². The Morgan fingerprint density at radius 2 is 1.70 bits per heavy atom. The van der Waals surface area contributed by atoms with Crippen LogP contribution in [0.25, 0.3) is 5.03 Å². The smallest absolute Gasteiger partial charge is 0.206 e. The summed E-state index contributed by atoms with van der Waals surface area (Å²) in [4.78, 5) is 0.645. The number of fused-ring (bicyclic) bond motifs is 1. The predicted octanol–water partition coefficient (Wildman–Crippen LogP) is 4.05. The molecule has 0 unspecified atom stereocenters. The zero-order chi connectivity index (χ0) is 14.2. The summed E-state index contributed by atoms with van der Waals surface area (Å²) in [5, 5.41) is 0.704. The molecule has 2 aromatic rings. The zero-order valence-corrected chi connectivity index (χ0v) is 12.3. The van der Waals surface area contributed by atoms with Gasteiger partial charge in [-0.3, -0.25) is 0 Å². The van der Waals surface area contributed by atoms with E-state index in [9.17, 15) is 8.42 Å². The highest BCUT2D eigenvalue weighted by Gasteiger charge is 2.20. The van der Waals surface area contributed by atoms with Gasteiger partial charge in [0.2, 0.25) is 9.84 Å². The summed E-state index contributed by atoms with van der Waals surface area (Å²) in [6, 6.07) is 13.6. The van der Waals surface area contributed by atoms with Crippen LogP contribution in [0.2, 0.25) is 0 Å². The third kappa shape index (κ3) is 2.28. The summed E-state index contributed by atoms with van der Waals surface area (Å²) in [5.41, 5.74) is 1.93. The lowest BCUT2D eigenvalue weighted by Gasteiger charge is -2.15.